The minimum absolute atomic E-state index is 0.115. The van der Waals surface area contributed by atoms with Crippen LogP contribution in [0.1, 0.15) is 17.5 Å². The second-order valence-corrected chi connectivity index (χ2v) is 4.19. The summed E-state index contributed by atoms with van der Waals surface area (Å²) in [5.41, 5.74) is 0.721. The van der Waals surface area contributed by atoms with Crippen molar-refractivity contribution in [3.05, 3.63) is 46.1 Å². The van der Waals surface area contributed by atoms with Gasteiger partial charge in [0.2, 0.25) is 0 Å². The third kappa shape index (κ3) is 2.13. The van der Waals surface area contributed by atoms with Gasteiger partial charge in [-0.15, -0.1) is 0 Å². The normalized spacial score (nSPS) is 10.4. The summed E-state index contributed by atoms with van der Waals surface area (Å²) in [5.74, 6) is 0.768. The predicted molar refractivity (Wildman–Crippen MR) is 64.2 cm³/mol. The molecule has 0 bridgehead atoms. The van der Waals surface area contributed by atoms with Crippen molar-refractivity contribution in [2.24, 2.45) is 0 Å². The molecule has 4 heteroatoms. The molecule has 0 aliphatic heterocycles. The number of rotatable bonds is 2. The summed E-state index contributed by atoms with van der Waals surface area (Å²) in [6.45, 7) is 1.45. The van der Waals surface area contributed by atoms with Gasteiger partial charge >= 0.3 is 0 Å². The van der Waals surface area contributed by atoms with Gasteiger partial charge in [0, 0.05) is 17.5 Å². The molecule has 82 valence electrons. The topological polar surface area (TPSA) is 30.2 Å². The number of benzene rings is 1. The fraction of sp³-hybridized carbons (Fsp3) is 0.0833. The van der Waals surface area contributed by atoms with Gasteiger partial charge in [-0.05, 0) is 30.3 Å². The number of carbonyl (C=O) groups excluding carboxylic acids is 1. The molecule has 2 rings (SSSR count). The molecule has 1 aromatic heterocycles. The first-order chi connectivity index (χ1) is 7.58. The van der Waals surface area contributed by atoms with Gasteiger partial charge in [-0.1, -0.05) is 23.2 Å². The van der Waals surface area contributed by atoms with E-state index in [4.69, 9.17) is 27.6 Å². The largest absolute Gasteiger partial charge is 0.453 e. The molecule has 0 radical (unpaired) electrons. The molecule has 16 heavy (non-hydrogen) atoms. The van der Waals surface area contributed by atoms with Gasteiger partial charge in [0.25, 0.3) is 0 Å². The van der Waals surface area contributed by atoms with E-state index in [2.05, 4.69) is 0 Å². The lowest BCUT2D eigenvalue weighted by Gasteiger charge is -2.00. The van der Waals surface area contributed by atoms with Crippen LogP contribution in [-0.2, 0) is 0 Å². The van der Waals surface area contributed by atoms with Crippen molar-refractivity contribution in [3.8, 4) is 11.3 Å². The molecule has 0 spiro atoms. The molecule has 0 fully saturated rings. The second kappa shape index (κ2) is 4.32. The summed E-state index contributed by atoms with van der Waals surface area (Å²) >= 11 is 11.8. The van der Waals surface area contributed by atoms with E-state index in [-0.39, 0.29) is 5.78 Å². The van der Waals surface area contributed by atoms with Gasteiger partial charge in [0.1, 0.15) is 5.76 Å². The average Bonchev–Trinajstić information content (AvgIpc) is 2.66. The van der Waals surface area contributed by atoms with Crippen LogP contribution in [-0.4, -0.2) is 5.78 Å². The van der Waals surface area contributed by atoms with E-state index in [0.717, 1.165) is 5.56 Å². The van der Waals surface area contributed by atoms with Crippen molar-refractivity contribution in [2.45, 2.75) is 6.92 Å². The lowest BCUT2D eigenvalue weighted by Crippen LogP contribution is -1.86. The van der Waals surface area contributed by atoms with E-state index in [1.54, 1.807) is 30.3 Å². The fourth-order valence-corrected chi connectivity index (χ4v) is 1.86. The van der Waals surface area contributed by atoms with Crippen LogP contribution in [0.15, 0.2) is 34.7 Å². The second-order valence-electron chi connectivity index (χ2n) is 3.34. The third-order valence-electron chi connectivity index (χ3n) is 2.15. The highest BCUT2D eigenvalue weighted by molar-refractivity contribution is 6.36. The van der Waals surface area contributed by atoms with Crippen LogP contribution >= 0.6 is 23.2 Å². The molecule has 0 saturated carbocycles. The molecule has 0 aliphatic carbocycles. The molecule has 0 amide bonds. The molecule has 0 saturated heterocycles. The molecule has 1 aromatic carbocycles. The molecule has 1 heterocycles. The Morgan fingerprint density at radius 3 is 2.50 bits per heavy atom. The Morgan fingerprint density at radius 1 is 1.19 bits per heavy atom. The fourth-order valence-electron chi connectivity index (χ4n) is 1.36. The maximum atomic E-state index is 11.1. The summed E-state index contributed by atoms with van der Waals surface area (Å²) < 4.78 is 5.37. The summed E-state index contributed by atoms with van der Waals surface area (Å²) in [5, 5.41) is 1.06. The summed E-state index contributed by atoms with van der Waals surface area (Å²) in [7, 11) is 0. The number of halogens is 2. The van der Waals surface area contributed by atoms with Crippen molar-refractivity contribution < 1.29 is 9.21 Å². The molecule has 2 nitrogen and oxygen atoms in total. The van der Waals surface area contributed by atoms with Crippen molar-refractivity contribution in [1.82, 2.24) is 0 Å². The van der Waals surface area contributed by atoms with Crippen LogP contribution in [0.25, 0.3) is 11.3 Å². The van der Waals surface area contributed by atoms with E-state index in [1.807, 2.05) is 0 Å². The zero-order chi connectivity index (χ0) is 11.7. The maximum absolute atomic E-state index is 11.1. The van der Waals surface area contributed by atoms with E-state index < -0.39 is 0 Å². The van der Waals surface area contributed by atoms with E-state index in [9.17, 15) is 4.79 Å². The van der Waals surface area contributed by atoms with Crippen molar-refractivity contribution in [2.75, 3.05) is 0 Å². The van der Waals surface area contributed by atoms with E-state index in [1.165, 1.54) is 6.92 Å². The van der Waals surface area contributed by atoms with Crippen LogP contribution in [0.2, 0.25) is 10.0 Å². The smallest absolute Gasteiger partial charge is 0.194 e. The molecule has 0 aliphatic rings. The van der Waals surface area contributed by atoms with Crippen molar-refractivity contribution in [1.29, 1.82) is 0 Å². The lowest BCUT2D eigenvalue weighted by molar-refractivity contribution is 0.0988. The number of Topliss-reactive ketones (excluding diaryl/α,β-unsaturated/α-hetero) is 1. The van der Waals surface area contributed by atoms with Gasteiger partial charge in [-0.2, -0.15) is 0 Å². The van der Waals surface area contributed by atoms with Crippen molar-refractivity contribution >= 4 is 29.0 Å². The Balaban J connectivity index is 2.46. The lowest BCUT2D eigenvalue weighted by atomic mass is 10.2. The van der Waals surface area contributed by atoms with Gasteiger partial charge in [0.05, 0.1) is 5.02 Å². The Kier molecular flexibility index (Phi) is 3.03. The summed E-state index contributed by atoms with van der Waals surface area (Å²) in [6, 6.07) is 8.45. The molecule has 0 unspecified atom stereocenters. The Morgan fingerprint density at radius 2 is 1.94 bits per heavy atom. The first-order valence-corrected chi connectivity index (χ1v) is 5.39. The van der Waals surface area contributed by atoms with Gasteiger partial charge in [0.15, 0.2) is 11.5 Å². The first kappa shape index (κ1) is 11.2. The minimum atomic E-state index is -0.115. The van der Waals surface area contributed by atoms with Crippen LogP contribution in [0.4, 0.5) is 0 Å². The van der Waals surface area contributed by atoms with Crippen LogP contribution in [0.3, 0.4) is 0 Å². The van der Waals surface area contributed by atoms with E-state index >= 15 is 0 Å². The number of hydrogen-bond acceptors (Lipinski definition) is 2. The van der Waals surface area contributed by atoms with E-state index in [0.29, 0.717) is 21.6 Å². The highest BCUT2D eigenvalue weighted by Gasteiger charge is 2.10. The Labute approximate surface area is 103 Å². The van der Waals surface area contributed by atoms with Crippen LogP contribution in [0.5, 0.6) is 0 Å². The third-order valence-corrected chi connectivity index (χ3v) is 2.70. The van der Waals surface area contributed by atoms with Crippen LogP contribution in [0, 0.1) is 0 Å². The minimum Gasteiger partial charge on any atom is -0.453 e. The number of carbonyl (C=O) groups is 1. The summed E-state index contributed by atoms with van der Waals surface area (Å²) in [4.78, 5) is 11.1. The zero-order valence-electron chi connectivity index (χ0n) is 8.46. The molecular weight excluding hydrogens is 247 g/mol. The molecule has 0 atom stereocenters. The first-order valence-electron chi connectivity index (χ1n) is 4.64. The Bertz CT molecular complexity index is 544. The highest BCUT2D eigenvalue weighted by atomic mass is 35.5. The SMILES string of the molecule is CC(=O)c1ccc(-c2ccc(Cl)cc2Cl)o1. The maximum Gasteiger partial charge on any atom is 0.194 e. The number of furan rings is 1. The van der Waals surface area contributed by atoms with Gasteiger partial charge in [-0.25, -0.2) is 0 Å². The number of hydrogen-bond donors (Lipinski definition) is 0. The quantitative estimate of drug-likeness (QED) is 0.741. The van der Waals surface area contributed by atoms with Gasteiger partial charge < -0.3 is 4.42 Å². The van der Waals surface area contributed by atoms with Crippen LogP contribution < -0.4 is 0 Å². The molecular formula is C12H8Cl2O2. The van der Waals surface area contributed by atoms with Gasteiger partial charge in [-0.3, -0.25) is 4.79 Å². The average molecular weight is 255 g/mol. The molecule has 2 aromatic rings. The monoisotopic (exact) mass is 254 g/mol. The predicted octanol–water partition coefficient (Wildman–Crippen LogP) is 4.46. The highest BCUT2D eigenvalue weighted by Crippen LogP contribution is 2.31. The standard InChI is InChI=1S/C12H8Cl2O2/c1-7(15)11-4-5-12(16-11)9-3-2-8(13)6-10(9)14/h2-6H,1H3. The number of ketones is 1. The summed E-state index contributed by atoms with van der Waals surface area (Å²) in [6.07, 6.45) is 0. The molecule has 0 N–H and O–H groups in total. The van der Waals surface area contributed by atoms with Crippen molar-refractivity contribution in [3.63, 3.8) is 0 Å². The zero-order valence-corrected chi connectivity index (χ0v) is 9.97. The Hall–Kier alpha value is -1.25.